The Labute approximate surface area is 226 Å². The van der Waals surface area contributed by atoms with Crippen LogP contribution in [0.5, 0.6) is 11.5 Å². The molecule has 1 amide bonds. The molecule has 4 aromatic rings. The highest BCUT2D eigenvalue weighted by atomic mass is 35.5. The number of aromatic nitrogens is 2. The van der Waals surface area contributed by atoms with Gasteiger partial charge >= 0.3 is 0 Å². The maximum absolute atomic E-state index is 12.8. The SMILES string of the molecule is COc1ccc(C=Cc2nc(-c3ccc(Cl)cc3Cl)cn2CC(=O)NCCc2cccc(OC)c2)cc1. The third-order valence-corrected chi connectivity index (χ3v) is 6.29. The highest BCUT2D eigenvalue weighted by molar-refractivity contribution is 6.36. The predicted molar refractivity (Wildman–Crippen MR) is 149 cm³/mol. The number of nitrogens with one attached hydrogen (secondary N) is 1. The van der Waals surface area contributed by atoms with Gasteiger partial charge in [-0.2, -0.15) is 0 Å². The fraction of sp³-hybridized carbons (Fsp3) is 0.172. The van der Waals surface area contributed by atoms with Crippen molar-refractivity contribution in [2.45, 2.75) is 13.0 Å². The second-order valence-electron chi connectivity index (χ2n) is 8.29. The predicted octanol–water partition coefficient (Wildman–Crippen LogP) is 6.40. The van der Waals surface area contributed by atoms with E-state index in [9.17, 15) is 4.79 Å². The molecular weight excluding hydrogens is 509 g/mol. The number of amides is 1. The molecule has 0 fully saturated rings. The minimum absolute atomic E-state index is 0.110. The van der Waals surface area contributed by atoms with E-state index in [-0.39, 0.29) is 12.5 Å². The molecule has 190 valence electrons. The van der Waals surface area contributed by atoms with E-state index in [2.05, 4.69) is 5.32 Å². The number of imidazole rings is 1. The van der Waals surface area contributed by atoms with Crippen LogP contribution in [-0.2, 0) is 17.8 Å². The number of hydrogen-bond donors (Lipinski definition) is 1. The maximum atomic E-state index is 12.8. The summed E-state index contributed by atoms with van der Waals surface area (Å²) in [6.07, 6.45) is 6.33. The van der Waals surface area contributed by atoms with Crippen molar-refractivity contribution in [3.63, 3.8) is 0 Å². The van der Waals surface area contributed by atoms with Crippen LogP contribution in [0.25, 0.3) is 23.4 Å². The Bertz CT molecular complexity index is 1400. The summed E-state index contributed by atoms with van der Waals surface area (Å²) in [6.45, 7) is 0.617. The first-order chi connectivity index (χ1) is 17.9. The largest absolute Gasteiger partial charge is 0.497 e. The van der Waals surface area contributed by atoms with Crippen LogP contribution in [0.15, 0.2) is 72.9 Å². The molecule has 0 atom stereocenters. The number of nitrogens with zero attached hydrogens (tertiary/aromatic N) is 2. The number of rotatable bonds is 10. The molecule has 1 aromatic heterocycles. The fourth-order valence-electron chi connectivity index (χ4n) is 3.79. The molecule has 0 unspecified atom stereocenters. The molecule has 0 saturated carbocycles. The second-order valence-corrected chi connectivity index (χ2v) is 9.14. The molecule has 1 heterocycles. The third-order valence-electron chi connectivity index (χ3n) is 5.74. The quantitative estimate of drug-likeness (QED) is 0.255. The van der Waals surface area contributed by atoms with Gasteiger partial charge in [0, 0.05) is 23.3 Å². The lowest BCUT2D eigenvalue weighted by Gasteiger charge is -2.08. The molecule has 1 N–H and O–H groups in total. The summed E-state index contributed by atoms with van der Waals surface area (Å²) in [5, 5.41) is 4.02. The van der Waals surface area contributed by atoms with E-state index in [1.54, 1.807) is 30.9 Å². The number of carbonyl (C=O) groups is 1. The van der Waals surface area contributed by atoms with Gasteiger partial charge < -0.3 is 19.4 Å². The summed E-state index contributed by atoms with van der Waals surface area (Å²) >= 11 is 12.5. The standard InChI is InChI=1S/C29H27Cl2N3O3/c1-36-23-10-6-20(7-11-23)8-13-28-33-27(25-12-9-22(30)17-26(25)31)18-34(28)19-29(35)32-15-14-21-4-3-5-24(16-21)37-2/h3-13,16-18H,14-15,19H2,1-2H3,(H,32,35). The van der Waals surface area contributed by atoms with Crippen LogP contribution in [0.4, 0.5) is 0 Å². The average Bonchev–Trinajstić information content (AvgIpc) is 3.29. The number of methoxy groups -OCH3 is 2. The molecule has 8 heteroatoms. The van der Waals surface area contributed by atoms with Gasteiger partial charge in [0.25, 0.3) is 0 Å². The monoisotopic (exact) mass is 535 g/mol. The van der Waals surface area contributed by atoms with E-state index in [0.717, 1.165) is 28.2 Å². The van der Waals surface area contributed by atoms with Gasteiger partial charge in [0.2, 0.25) is 5.91 Å². The molecule has 0 aliphatic rings. The van der Waals surface area contributed by atoms with Gasteiger partial charge in [0.15, 0.2) is 0 Å². The van der Waals surface area contributed by atoms with Crippen molar-refractivity contribution in [1.82, 2.24) is 14.9 Å². The van der Waals surface area contributed by atoms with Gasteiger partial charge in [-0.15, -0.1) is 0 Å². The highest BCUT2D eigenvalue weighted by Gasteiger charge is 2.13. The molecule has 4 rings (SSSR count). The van der Waals surface area contributed by atoms with Gasteiger partial charge in [-0.3, -0.25) is 4.79 Å². The molecule has 0 aliphatic carbocycles. The lowest BCUT2D eigenvalue weighted by molar-refractivity contribution is -0.121. The summed E-state index contributed by atoms with van der Waals surface area (Å²) in [5.74, 6) is 2.08. The van der Waals surface area contributed by atoms with Crippen molar-refractivity contribution < 1.29 is 14.3 Å². The first-order valence-corrected chi connectivity index (χ1v) is 12.4. The van der Waals surface area contributed by atoms with Gasteiger partial charge in [0.05, 0.1) is 24.9 Å². The van der Waals surface area contributed by atoms with Crippen LogP contribution in [0.2, 0.25) is 10.0 Å². The lowest BCUT2D eigenvalue weighted by Crippen LogP contribution is -2.29. The summed E-state index contributed by atoms with van der Waals surface area (Å²) in [4.78, 5) is 17.6. The Morgan fingerprint density at radius 1 is 0.973 bits per heavy atom. The van der Waals surface area contributed by atoms with Gasteiger partial charge in [0.1, 0.15) is 23.9 Å². The second kappa shape index (κ2) is 12.5. The van der Waals surface area contributed by atoms with E-state index in [0.29, 0.717) is 34.5 Å². The fourth-order valence-corrected chi connectivity index (χ4v) is 4.29. The normalized spacial score (nSPS) is 11.0. The summed E-state index contributed by atoms with van der Waals surface area (Å²) < 4.78 is 12.3. The van der Waals surface area contributed by atoms with Crippen LogP contribution in [-0.4, -0.2) is 36.2 Å². The van der Waals surface area contributed by atoms with Crippen molar-refractivity contribution in [3.05, 3.63) is 99.9 Å². The van der Waals surface area contributed by atoms with E-state index in [1.807, 2.05) is 72.9 Å². The zero-order chi connectivity index (χ0) is 26.2. The van der Waals surface area contributed by atoms with E-state index < -0.39 is 0 Å². The van der Waals surface area contributed by atoms with E-state index >= 15 is 0 Å². The summed E-state index contributed by atoms with van der Waals surface area (Å²) in [6, 6.07) is 20.7. The first kappa shape index (κ1) is 26.3. The Morgan fingerprint density at radius 3 is 2.49 bits per heavy atom. The molecular formula is C29H27Cl2N3O3. The minimum atomic E-state index is -0.117. The number of hydrogen-bond acceptors (Lipinski definition) is 4. The molecule has 6 nitrogen and oxygen atoms in total. The lowest BCUT2D eigenvalue weighted by atomic mass is 10.1. The summed E-state index contributed by atoms with van der Waals surface area (Å²) in [7, 11) is 3.27. The molecule has 0 saturated heterocycles. The van der Waals surface area contributed by atoms with Crippen molar-refractivity contribution in [2.24, 2.45) is 0 Å². The van der Waals surface area contributed by atoms with Gasteiger partial charge in [-0.25, -0.2) is 4.98 Å². The minimum Gasteiger partial charge on any atom is -0.497 e. The maximum Gasteiger partial charge on any atom is 0.240 e. The molecule has 0 spiro atoms. The number of ether oxygens (including phenoxy) is 2. The van der Waals surface area contributed by atoms with Crippen LogP contribution >= 0.6 is 23.2 Å². The molecule has 0 radical (unpaired) electrons. The Hall–Kier alpha value is -3.74. The van der Waals surface area contributed by atoms with Crippen molar-refractivity contribution >= 4 is 41.3 Å². The molecule has 0 aliphatic heterocycles. The van der Waals surface area contributed by atoms with Gasteiger partial charge in [-0.1, -0.05) is 53.5 Å². The van der Waals surface area contributed by atoms with Crippen LogP contribution in [0.3, 0.4) is 0 Å². The van der Waals surface area contributed by atoms with E-state index in [1.165, 1.54) is 0 Å². The smallest absolute Gasteiger partial charge is 0.240 e. The van der Waals surface area contributed by atoms with Crippen LogP contribution in [0.1, 0.15) is 17.0 Å². The highest BCUT2D eigenvalue weighted by Crippen LogP contribution is 2.30. The number of benzene rings is 3. The molecule has 3 aromatic carbocycles. The van der Waals surface area contributed by atoms with Gasteiger partial charge in [-0.05, 0) is 66.1 Å². The van der Waals surface area contributed by atoms with E-state index in [4.69, 9.17) is 37.7 Å². The average molecular weight is 536 g/mol. The van der Waals surface area contributed by atoms with Crippen molar-refractivity contribution in [1.29, 1.82) is 0 Å². The Balaban J connectivity index is 1.51. The summed E-state index contributed by atoms with van der Waals surface area (Å²) in [5.41, 5.74) is 3.46. The molecule has 37 heavy (non-hydrogen) atoms. The number of carbonyl (C=O) groups excluding carboxylic acids is 1. The topological polar surface area (TPSA) is 65.4 Å². The first-order valence-electron chi connectivity index (χ1n) is 11.7. The molecule has 0 bridgehead atoms. The van der Waals surface area contributed by atoms with Crippen LogP contribution < -0.4 is 14.8 Å². The zero-order valence-corrected chi connectivity index (χ0v) is 22.1. The van der Waals surface area contributed by atoms with Crippen molar-refractivity contribution in [2.75, 3.05) is 20.8 Å². The Kier molecular flexibility index (Phi) is 8.88. The Morgan fingerprint density at radius 2 is 1.76 bits per heavy atom. The third kappa shape index (κ3) is 7.15. The van der Waals surface area contributed by atoms with Crippen LogP contribution in [0, 0.1) is 0 Å². The van der Waals surface area contributed by atoms with Crippen molar-refractivity contribution in [3.8, 4) is 22.8 Å². The number of halogens is 2. The zero-order valence-electron chi connectivity index (χ0n) is 20.6.